The summed E-state index contributed by atoms with van der Waals surface area (Å²) in [6.45, 7) is 6.08. The zero-order valence-corrected chi connectivity index (χ0v) is 15.3. The summed E-state index contributed by atoms with van der Waals surface area (Å²) >= 11 is 0. The lowest BCUT2D eigenvalue weighted by atomic mass is 9.95. The summed E-state index contributed by atoms with van der Waals surface area (Å²) < 4.78 is 10.4. The molecule has 3 aliphatic rings. The molecule has 3 fully saturated rings. The van der Waals surface area contributed by atoms with E-state index >= 15 is 0 Å². The van der Waals surface area contributed by atoms with Crippen molar-refractivity contribution in [2.45, 2.75) is 57.9 Å². The topological polar surface area (TPSA) is 84.9 Å². The van der Waals surface area contributed by atoms with Crippen LogP contribution in [0.1, 0.15) is 49.5 Å². The van der Waals surface area contributed by atoms with Gasteiger partial charge < -0.3 is 19.7 Å². The largest absolute Gasteiger partial charge is 0.459 e. The highest BCUT2D eigenvalue weighted by Gasteiger charge is 2.43. The molecule has 0 spiro atoms. The molecule has 1 N–H and O–H groups in total. The Hall–Kier alpha value is -2.57. The Balaban J connectivity index is 1.65. The van der Waals surface area contributed by atoms with Crippen molar-refractivity contribution >= 4 is 18.0 Å². The van der Waals surface area contributed by atoms with Crippen molar-refractivity contribution in [3.05, 3.63) is 35.4 Å². The lowest BCUT2D eigenvalue weighted by Crippen LogP contribution is -2.59. The normalized spacial score (nSPS) is 22.0. The monoisotopic (exact) mass is 360 g/mol. The molecule has 0 saturated carbocycles. The van der Waals surface area contributed by atoms with Crippen molar-refractivity contribution in [2.24, 2.45) is 0 Å². The number of piperidine rings is 1. The van der Waals surface area contributed by atoms with Crippen LogP contribution in [-0.4, -0.2) is 47.2 Å². The number of amides is 2. The lowest BCUT2D eigenvalue weighted by molar-refractivity contribution is -0.172. The standard InChI is InChI=1S/C19H24N2O5/c1-19(2,3)26-18(24)20-10-12-5-4-6-13(9-12)16(22)21-11-14-7-8-15(21)17(23)25-14/h4-6,9,14-15H,7-8,10-11H2,1-3H3,(H,20,24)/t14-,15-/m1/s1. The van der Waals surface area contributed by atoms with Gasteiger partial charge in [0.05, 0.1) is 6.54 Å². The van der Waals surface area contributed by atoms with E-state index in [1.54, 1.807) is 43.9 Å². The molecule has 7 nitrogen and oxygen atoms in total. The molecule has 3 saturated heterocycles. The van der Waals surface area contributed by atoms with Crippen molar-refractivity contribution < 1.29 is 23.9 Å². The van der Waals surface area contributed by atoms with Gasteiger partial charge in [0.1, 0.15) is 17.7 Å². The number of carbonyl (C=O) groups excluding carboxylic acids is 3. The fourth-order valence-corrected chi connectivity index (χ4v) is 3.21. The van der Waals surface area contributed by atoms with Gasteiger partial charge in [-0.2, -0.15) is 0 Å². The number of hydrogen-bond acceptors (Lipinski definition) is 5. The van der Waals surface area contributed by atoms with Gasteiger partial charge in [-0.15, -0.1) is 0 Å². The fourth-order valence-electron chi connectivity index (χ4n) is 3.21. The minimum absolute atomic E-state index is 0.185. The van der Waals surface area contributed by atoms with Gasteiger partial charge in [-0.25, -0.2) is 9.59 Å². The maximum atomic E-state index is 12.8. The van der Waals surface area contributed by atoms with Gasteiger partial charge in [-0.05, 0) is 51.3 Å². The molecule has 1 aromatic carbocycles. The first-order chi connectivity index (χ1) is 12.2. The van der Waals surface area contributed by atoms with Crippen molar-refractivity contribution in [1.29, 1.82) is 0 Å². The summed E-state index contributed by atoms with van der Waals surface area (Å²) in [5.41, 5.74) is 0.713. The van der Waals surface area contributed by atoms with Crippen LogP contribution in [0.15, 0.2) is 24.3 Å². The molecule has 7 heteroatoms. The van der Waals surface area contributed by atoms with Gasteiger partial charge in [-0.1, -0.05) is 12.1 Å². The number of morpholine rings is 1. The minimum atomic E-state index is -0.565. The van der Waals surface area contributed by atoms with Gasteiger partial charge in [-0.3, -0.25) is 4.79 Å². The Morgan fingerprint density at radius 1 is 1.31 bits per heavy atom. The zero-order valence-electron chi connectivity index (χ0n) is 15.3. The lowest BCUT2D eigenvalue weighted by Gasteiger charge is -2.43. The Morgan fingerprint density at radius 2 is 2.08 bits per heavy atom. The van der Waals surface area contributed by atoms with E-state index in [4.69, 9.17) is 9.47 Å². The Morgan fingerprint density at radius 3 is 2.73 bits per heavy atom. The number of hydrogen-bond donors (Lipinski definition) is 1. The van der Waals surface area contributed by atoms with Crippen LogP contribution in [0, 0.1) is 0 Å². The van der Waals surface area contributed by atoms with E-state index in [0.717, 1.165) is 12.0 Å². The van der Waals surface area contributed by atoms with Crippen LogP contribution < -0.4 is 5.32 Å². The third kappa shape index (κ3) is 4.15. The maximum absolute atomic E-state index is 12.8. The number of benzene rings is 1. The summed E-state index contributed by atoms with van der Waals surface area (Å²) in [5, 5.41) is 2.68. The first-order valence-electron chi connectivity index (χ1n) is 8.80. The molecular formula is C19H24N2O5. The average molecular weight is 360 g/mol. The van der Waals surface area contributed by atoms with Crippen LogP contribution in [0.25, 0.3) is 0 Å². The molecule has 2 atom stereocenters. The second-order valence-electron chi connectivity index (χ2n) is 7.67. The molecule has 140 valence electrons. The molecule has 1 aromatic rings. The minimum Gasteiger partial charge on any atom is -0.459 e. The van der Waals surface area contributed by atoms with E-state index < -0.39 is 17.7 Å². The summed E-state index contributed by atoms with van der Waals surface area (Å²) in [7, 11) is 0. The highest BCUT2D eigenvalue weighted by atomic mass is 16.6. The smallest absolute Gasteiger partial charge is 0.407 e. The number of ether oxygens (including phenoxy) is 2. The predicted molar refractivity (Wildman–Crippen MR) is 93.5 cm³/mol. The van der Waals surface area contributed by atoms with Gasteiger partial charge >= 0.3 is 12.1 Å². The second kappa shape index (κ2) is 6.97. The van der Waals surface area contributed by atoms with Crippen LogP contribution in [0.4, 0.5) is 4.79 Å². The van der Waals surface area contributed by atoms with Crippen LogP contribution in [-0.2, 0) is 20.8 Å². The molecule has 2 bridgehead atoms. The third-order valence-electron chi connectivity index (χ3n) is 4.36. The van der Waals surface area contributed by atoms with Gasteiger partial charge in [0.2, 0.25) is 0 Å². The second-order valence-corrected chi connectivity index (χ2v) is 7.67. The molecule has 0 aromatic heterocycles. The van der Waals surface area contributed by atoms with Crippen molar-refractivity contribution in [1.82, 2.24) is 10.2 Å². The van der Waals surface area contributed by atoms with E-state index in [1.807, 2.05) is 6.07 Å². The van der Waals surface area contributed by atoms with Gasteiger partial charge in [0, 0.05) is 12.1 Å². The molecule has 0 radical (unpaired) electrons. The average Bonchev–Trinajstić information content (AvgIpc) is 2.58. The van der Waals surface area contributed by atoms with Crippen LogP contribution in [0.3, 0.4) is 0 Å². The van der Waals surface area contributed by atoms with E-state index in [9.17, 15) is 14.4 Å². The van der Waals surface area contributed by atoms with Crippen molar-refractivity contribution in [3.63, 3.8) is 0 Å². The maximum Gasteiger partial charge on any atom is 0.407 e. The highest BCUT2D eigenvalue weighted by Crippen LogP contribution is 2.28. The number of nitrogens with zero attached hydrogens (tertiary/aromatic N) is 1. The summed E-state index contributed by atoms with van der Waals surface area (Å²) in [5.74, 6) is -0.501. The Bertz CT molecular complexity index is 725. The predicted octanol–water partition coefficient (Wildman–Crippen LogP) is 2.24. The number of fused-ring (bicyclic) bond motifs is 3. The number of esters is 1. The molecule has 2 amide bonds. The molecule has 4 rings (SSSR count). The SMILES string of the molecule is CC(C)(C)OC(=O)NCc1cccc(C(=O)N2C[C@H]3CC[C@@H]2C(=O)O3)c1. The zero-order chi connectivity index (χ0) is 18.9. The Kier molecular flexibility index (Phi) is 4.89. The molecule has 3 aliphatic heterocycles. The van der Waals surface area contributed by atoms with E-state index in [0.29, 0.717) is 18.5 Å². The van der Waals surface area contributed by atoms with Gasteiger partial charge in [0.15, 0.2) is 0 Å². The quantitative estimate of drug-likeness (QED) is 0.836. The first kappa shape index (κ1) is 18.2. The third-order valence-corrected chi connectivity index (χ3v) is 4.36. The number of carbonyl (C=O) groups is 3. The van der Waals surface area contributed by atoms with Gasteiger partial charge in [0.25, 0.3) is 5.91 Å². The molecular weight excluding hydrogens is 336 g/mol. The molecule has 26 heavy (non-hydrogen) atoms. The highest BCUT2D eigenvalue weighted by molar-refractivity contribution is 5.97. The molecule has 3 heterocycles. The van der Waals surface area contributed by atoms with Crippen LogP contribution in [0.5, 0.6) is 0 Å². The fraction of sp³-hybridized carbons (Fsp3) is 0.526. The summed E-state index contributed by atoms with van der Waals surface area (Å²) in [6.07, 6.45) is 0.744. The van der Waals surface area contributed by atoms with E-state index in [-0.39, 0.29) is 24.5 Å². The molecule has 0 unspecified atom stereocenters. The van der Waals surface area contributed by atoms with Crippen molar-refractivity contribution in [2.75, 3.05) is 6.54 Å². The Labute approximate surface area is 152 Å². The summed E-state index contributed by atoms with van der Waals surface area (Å²) in [4.78, 5) is 38.1. The van der Waals surface area contributed by atoms with Crippen LogP contribution in [0.2, 0.25) is 0 Å². The number of rotatable bonds is 3. The first-order valence-corrected chi connectivity index (χ1v) is 8.80. The van der Waals surface area contributed by atoms with Crippen LogP contribution >= 0.6 is 0 Å². The molecule has 0 aliphatic carbocycles. The van der Waals surface area contributed by atoms with E-state index in [2.05, 4.69) is 5.32 Å². The van der Waals surface area contributed by atoms with Crippen molar-refractivity contribution in [3.8, 4) is 0 Å². The number of alkyl carbamates (subject to hydrolysis) is 1. The summed E-state index contributed by atoms with van der Waals surface area (Å²) in [6, 6.07) is 6.54. The van der Waals surface area contributed by atoms with E-state index in [1.165, 1.54) is 0 Å². The number of nitrogens with one attached hydrogen (secondary N) is 1.